The fourth-order valence-electron chi connectivity index (χ4n) is 4.62. The van der Waals surface area contributed by atoms with E-state index in [1.165, 1.54) is 6.26 Å². The summed E-state index contributed by atoms with van der Waals surface area (Å²) in [5.74, 6) is 2.28. The lowest BCUT2D eigenvalue weighted by molar-refractivity contribution is 0.121. The first-order valence-corrected chi connectivity index (χ1v) is 11.9. The van der Waals surface area contributed by atoms with Gasteiger partial charge in [-0.15, -0.1) is 0 Å². The van der Waals surface area contributed by atoms with Crippen LogP contribution in [-0.2, 0) is 9.92 Å². The molecule has 9 heteroatoms. The molecule has 1 aromatic heterocycles. The monoisotopic (exact) mass is 419 g/mol. The number of nitrogens with zero attached hydrogens (tertiary/aromatic N) is 4. The molecule has 0 aliphatic carbocycles. The Morgan fingerprint density at radius 3 is 2.17 bits per heavy atom. The molecule has 0 saturated carbocycles. The minimum absolute atomic E-state index is 0.293. The number of aromatic nitrogens is 2. The first kappa shape index (κ1) is 20.2. The molecule has 2 aromatic rings. The minimum Gasteiger partial charge on any atom is -0.493 e. The molecule has 2 aliphatic heterocycles. The highest BCUT2D eigenvalue weighted by Gasteiger charge is 2.39. The van der Waals surface area contributed by atoms with E-state index in [2.05, 4.69) is 14.9 Å². The lowest BCUT2D eigenvalue weighted by Crippen LogP contribution is -2.48. The van der Waals surface area contributed by atoms with E-state index in [0.29, 0.717) is 16.9 Å². The van der Waals surface area contributed by atoms with Gasteiger partial charge in [-0.1, -0.05) is 0 Å². The molecule has 4 rings (SSSR count). The fraction of sp³-hybridized carbons (Fsp3) is 0.600. The highest BCUT2D eigenvalue weighted by Crippen LogP contribution is 2.43. The van der Waals surface area contributed by atoms with Crippen molar-refractivity contribution >= 4 is 26.6 Å². The maximum atomic E-state index is 12.0. The van der Waals surface area contributed by atoms with Gasteiger partial charge in [0.1, 0.15) is 22.1 Å². The predicted octanol–water partition coefficient (Wildman–Crippen LogP) is 2.92. The van der Waals surface area contributed by atoms with Crippen molar-refractivity contribution in [3.05, 3.63) is 18.5 Å². The molecule has 2 fully saturated rings. The molecule has 1 N–H and O–H groups in total. The number of rotatable bonds is 4. The van der Waals surface area contributed by atoms with E-state index in [-0.39, 0.29) is 0 Å². The molecule has 0 bridgehead atoms. The van der Waals surface area contributed by atoms with Crippen molar-refractivity contribution in [2.45, 2.75) is 25.7 Å². The van der Waals surface area contributed by atoms with E-state index in [4.69, 9.17) is 14.3 Å². The van der Waals surface area contributed by atoms with Crippen molar-refractivity contribution in [1.29, 1.82) is 4.78 Å². The maximum absolute atomic E-state index is 12.0. The Labute approximate surface area is 172 Å². The number of piperidine rings is 2. The SMILES string of the molecule is COc1cc2ncnc(N3CCC4(CC3)CCN(S(C)(=N)=O)CC4)c2cc1OC. The summed E-state index contributed by atoms with van der Waals surface area (Å²) >= 11 is 0. The molecule has 0 radical (unpaired) electrons. The summed E-state index contributed by atoms with van der Waals surface area (Å²) in [5, 5.41) is 0.968. The summed E-state index contributed by atoms with van der Waals surface area (Å²) in [5.41, 5.74) is 1.14. The molecule has 3 heterocycles. The standard InChI is InChI=1S/C20H29N5O3S/c1-27-17-12-15-16(13-18(17)28-2)22-14-23-19(15)24-8-4-20(5-9-24)6-10-25(11-7-20)29(3,21)26/h12-14,21H,4-11H2,1-3H3. The van der Waals surface area contributed by atoms with E-state index >= 15 is 0 Å². The number of nitrogens with one attached hydrogen (secondary N) is 1. The van der Waals surface area contributed by atoms with Crippen molar-refractivity contribution < 1.29 is 13.7 Å². The van der Waals surface area contributed by atoms with Crippen LogP contribution in [0.3, 0.4) is 0 Å². The van der Waals surface area contributed by atoms with Crippen LogP contribution in [0.25, 0.3) is 10.9 Å². The quantitative estimate of drug-likeness (QED) is 0.819. The van der Waals surface area contributed by atoms with Crippen LogP contribution >= 0.6 is 0 Å². The van der Waals surface area contributed by atoms with E-state index in [9.17, 15) is 4.21 Å². The van der Waals surface area contributed by atoms with Crippen molar-refractivity contribution in [3.63, 3.8) is 0 Å². The largest absolute Gasteiger partial charge is 0.493 e. The predicted molar refractivity (Wildman–Crippen MR) is 114 cm³/mol. The molecule has 1 unspecified atom stereocenters. The second kappa shape index (κ2) is 7.60. The summed E-state index contributed by atoms with van der Waals surface area (Å²) < 4.78 is 32.6. The highest BCUT2D eigenvalue weighted by atomic mass is 32.2. The minimum atomic E-state index is -2.59. The Bertz CT molecular complexity index is 993. The molecule has 29 heavy (non-hydrogen) atoms. The number of anilines is 1. The van der Waals surface area contributed by atoms with Gasteiger partial charge in [0.25, 0.3) is 0 Å². The van der Waals surface area contributed by atoms with Gasteiger partial charge in [0, 0.05) is 43.9 Å². The van der Waals surface area contributed by atoms with Crippen LogP contribution in [0.5, 0.6) is 11.5 Å². The van der Waals surface area contributed by atoms with Gasteiger partial charge in [0.05, 0.1) is 19.7 Å². The Balaban J connectivity index is 1.53. The van der Waals surface area contributed by atoms with Gasteiger partial charge < -0.3 is 14.4 Å². The summed E-state index contributed by atoms with van der Waals surface area (Å²) in [6, 6.07) is 3.85. The lowest BCUT2D eigenvalue weighted by atomic mass is 9.71. The third-order valence-electron chi connectivity index (χ3n) is 6.52. The van der Waals surface area contributed by atoms with Crippen LogP contribution in [0.2, 0.25) is 0 Å². The topological polar surface area (TPSA) is 91.6 Å². The number of methoxy groups -OCH3 is 2. The summed E-state index contributed by atoms with van der Waals surface area (Å²) in [4.78, 5) is 11.3. The van der Waals surface area contributed by atoms with Gasteiger partial charge in [0.2, 0.25) is 0 Å². The second-order valence-corrected chi connectivity index (χ2v) is 10.3. The first-order chi connectivity index (χ1) is 13.8. The number of fused-ring (bicyclic) bond motifs is 1. The molecule has 8 nitrogen and oxygen atoms in total. The Morgan fingerprint density at radius 2 is 1.59 bits per heavy atom. The zero-order chi connectivity index (χ0) is 20.6. The van der Waals surface area contributed by atoms with Crippen molar-refractivity contribution in [1.82, 2.24) is 14.3 Å². The van der Waals surface area contributed by atoms with Gasteiger partial charge in [-0.25, -0.2) is 23.3 Å². The van der Waals surface area contributed by atoms with Crippen molar-refractivity contribution in [3.8, 4) is 11.5 Å². The Hall–Kier alpha value is -2.13. The first-order valence-electron chi connectivity index (χ1n) is 9.96. The molecule has 158 valence electrons. The van der Waals surface area contributed by atoms with Gasteiger partial charge in [0.15, 0.2) is 11.5 Å². The third kappa shape index (κ3) is 3.85. The Kier molecular flexibility index (Phi) is 5.29. The van der Waals surface area contributed by atoms with E-state index < -0.39 is 9.92 Å². The van der Waals surface area contributed by atoms with E-state index in [1.54, 1.807) is 20.5 Å². The molecular formula is C20H29N5O3S. The van der Waals surface area contributed by atoms with E-state index in [1.807, 2.05) is 16.4 Å². The average Bonchev–Trinajstić information content (AvgIpc) is 2.72. The lowest BCUT2D eigenvalue weighted by Gasteiger charge is -2.47. The second-order valence-electron chi connectivity index (χ2n) is 8.14. The van der Waals surface area contributed by atoms with Gasteiger partial charge >= 0.3 is 0 Å². The Morgan fingerprint density at radius 1 is 1.00 bits per heavy atom. The zero-order valence-electron chi connectivity index (χ0n) is 17.3. The van der Waals surface area contributed by atoms with Crippen LogP contribution in [-0.4, -0.2) is 65.1 Å². The fourth-order valence-corrected chi connectivity index (χ4v) is 5.50. The number of benzene rings is 1. The molecule has 2 saturated heterocycles. The molecule has 1 atom stereocenters. The number of hydrogen-bond acceptors (Lipinski definition) is 7. The maximum Gasteiger partial charge on any atom is 0.162 e. The summed E-state index contributed by atoms with van der Waals surface area (Å²) in [6.07, 6.45) is 7.33. The third-order valence-corrected chi connectivity index (χ3v) is 7.87. The van der Waals surface area contributed by atoms with Crippen LogP contribution < -0.4 is 14.4 Å². The molecule has 2 aliphatic rings. The van der Waals surface area contributed by atoms with Gasteiger partial charge in [-0.3, -0.25) is 0 Å². The smallest absolute Gasteiger partial charge is 0.162 e. The summed E-state index contributed by atoms with van der Waals surface area (Å²) in [7, 11) is 0.671. The zero-order valence-corrected chi connectivity index (χ0v) is 18.1. The number of hydrogen-bond donors (Lipinski definition) is 1. The van der Waals surface area contributed by atoms with E-state index in [0.717, 1.165) is 68.6 Å². The van der Waals surface area contributed by atoms with Crippen LogP contribution in [0.1, 0.15) is 25.7 Å². The normalized spacial score (nSPS) is 21.8. The van der Waals surface area contributed by atoms with Crippen LogP contribution in [0, 0.1) is 10.2 Å². The van der Waals surface area contributed by atoms with Gasteiger partial charge in [-0.2, -0.15) is 0 Å². The molecular weight excluding hydrogens is 390 g/mol. The van der Waals surface area contributed by atoms with Gasteiger partial charge in [-0.05, 0) is 37.2 Å². The van der Waals surface area contributed by atoms with Crippen LogP contribution in [0.15, 0.2) is 18.5 Å². The number of ether oxygens (including phenoxy) is 2. The van der Waals surface area contributed by atoms with Crippen LogP contribution in [0.4, 0.5) is 5.82 Å². The average molecular weight is 420 g/mol. The van der Waals surface area contributed by atoms with Crippen molar-refractivity contribution in [2.24, 2.45) is 5.41 Å². The molecule has 0 amide bonds. The molecule has 1 spiro atoms. The highest BCUT2D eigenvalue weighted by molar-refractivity contribution is 7.89. The summed E-state index contributed by atoms with van der Waals surface area (Å²) in [6.45, 7) is 3.38. The molecule has 1 aromatic carbocycles. The van der Waals surface area contributed by atoms with Crippen molar-refractivity contribution in [2.75, 3.05) is 51.6 Å².